The fourth-order valence-electron chi connectivity index (χ4n) is 1.73. The third-order valence-electron chi connectivity index (χ3n) is 2.71. The first-order valence-corrected chi connectivity index (χ1v) is 6.53. The van der Waals surface area contributed by atoms with Gasteiger partial charge < -0.3 is 10.3 Å². The van der Waals surface area contributed by atoms with Crippen LogP contribution < -0.4 is 5.73 Å². The van der Waals surface area contributed by atoms with E-state index in [9.17, 15) is 8.78 Å². The van der Waals surface area contributed by atoms with Crippen LogP contribution in [0.3, 0.4) is 0 Å². The fraction of sp³-hybridized carbons (Fsp3) is 0. The highest BCUT2D eigenvalue weighted by Crippen LogP contribution is 2.29. The van der Waals surface area contributed by atoms with Crippen molar-refractivity contribution in [1.29, 1.82) is 0 Å². The molecule has 0 unspecified atom stereocenters. The molecular formula is C13H7BrF2N4O. The minimum Gasteiger partial charge on any atom is -0.398 e. The molecule has 106 valence electrons. The molecule has 3 aromatic rings. The average Bonchev–Trinajstić information content (AvgIpc) is 2.92. The maximum atomic E-state index is 13.3. The number of hydrogen-bond acceptors (Lipinski definition) is 5. The Kier molecular flexibility index (Phi) is 3.38. The number of nitrogens with two attached hydrogens (primary N) is 1. The quantitative estimate of drug-likeness (QED) is 0.715. The van der Waals surface area contributed by atoms with Crippen LogP contribution in [0.15, 0.2) is 39.6 Å². The first kappa shape index (κ1) is 13.6. The summed E-state index contributed by atoms with van der Waals surface area (Å²) in [6.45, 7) is 0. The van der Waals surface area contributed by atoms with Gasteiger partial charge in [0, 0.05) is 34.2 Å². The van der Waals surface area contributed by atoms with Gasteiger partial charge >= 0.3 is 0 Å². The van der Waals surface area contributed by atoms with Gasteiger partial charge in [0.1, 0.15) is 0 Å². The molecule has 2 aromatic heterocycles. The molecule has 0 bridgehead atoms. The maximum Gasteiger partial charge on any atom is 0.260 e. The molecule has 0 fully saturated rings. The lowest BCUT2D eigenvalue weighted by atomic mass is 10.1. The van der Waals surface area contributed by atoms with E-state index >= 15 is 0 Å². The van der Waals surface area contributed by atoms with Crippen molar-refractivity contribution in [3.63, 3.8) is 0 Å². The van der Waals surface area contributed by atoms with Crippen molar-refractivity contribution in [2.45, 2.75) is 0 Å². The van der Waals surface area contributed by atoms with Crippen LogP contribution in [0, 0.1) is 11.6 Å². The van der Waals surface area contributed by atoms with Crippen molar-refractivity contribution >= 4 is 21.6 Å². The van der Waals surface area contributed by atoms with E-state index in [-0.39, 0.29) is 23.0 Å². The molecule has 0 saturated carbocycles. The van der Waals surface area contributed by atoms with Crippen molar-refractivity contribution in [3.05, 3.63) is 46.7 Å². The zero-order chi connectivity index (χ0) is 15.0. The number of rotatable bonds is 2. The van der Waals surface area contributed by atoms with Crippen LogP contribution in [0.25, 0.3) is 22.8 Å². The molecule has 8 heteroatoms. The Hall–Kier alpha value is -2.35. The van der Waals surface area contributed by atoms with Crippen molar-refractivity contribution in [2.75, 3.05) is 5.73 Å². The minimum absolute atomic E-state index is 0.00127. The van der Waals surface area contributed by atoms with E-state index in [1.54, 1.807) is 18.5 Å². The summed E-state index contributed by atoms with van der Waals surface area (Å²) in [6, 6.07) is 3.53. The number of halogens is 3. The monoisotopic (exact) mass is 352 g/mol. The zero-order valence-electron chi connectivity index (χ0n) is 10.3. The van der Waals surface area contributed by atoms with Gasteiger partial charge in [-0.15, -0.1) is 0 Å². The summed E-state index contributed by atoms with van der Waals surface area (Å²) in [7, 11) is 0. The SMILES string of the molecule is Nc1cc(F)c(F)cc1-c1nc(-c2cncc(Br)c2)no1. The van der Waals surface area contributed by atoms with Crippen LogP contribution >= 0.6 is 15.9 Å². The van der Waals surface area contributed by atoms with Gasteiger partial charge in [-0.25, -0.2) is 8.78 Å². The third kappa shape index (κ3) is 2.62. The highest BCUT2D eigenvalue weighted by atomic mass is 79.9. The summed E-state index contributed by atoms with van der Waals surface area (Å²) < 4.78 is 32.1. The lowest BCUT2D eigenvalue weighted by Crippen LogP contribution is -1.95. The van der Waals surface area contributed by atoms with Gasteiger partial charge in [0.05, 0.1) is 5.56 Å². The smallest absolute Gasteiger partial charge is 0.260 e. The first-order chi connectivity index (χ1) is 10.0. The maximum absolute atomic E-state index is 13.3. The summed E-state index contributed by atoms with van der Waals surface area (Å²) >= 11 is 3.28. The number of nitrogens with zero attached hydrogens (tertiary/aromatic N) is 3. The first-order valence-electron chi connectivity index (χ1n) is 5.74. The topological polar surface area (TPSA) is 77.8 Å². The Morgan fingerprint density at radius 3 is 2.62 bits per heavy atom. The molecule has 5 nitrogen and oxygen atoms in total. The van der Waals surface area contributed by atoms with E-state index in [4.69, 9.17) is 10.3 Å². The number of aromatic nitrogens is 3. The Labute approximate surface area is 125 Å². The second-order valence-corrected chi connectivity index (χ2v) is 5.08. The van der Waals surface area contributed by atoms with Gasteiger partial charge in [-0.05, 0) is 28.1 Å². The number of benzene rings is 1. The van der Waals surface area contributed by atoms with Gasteiger partial charge in [-0.1, -0.05) is 5.16 Å². The minimum atomic E-state index is -1.04. The van der Waals surface area contributed by atoms with Crippen LogP contribution in [0.5, 0.6) is 0 Å². The molecule has 2 heterocycles. The lowest BCUT2D eigenvalue weighted by Gasteiger charge is -2.01. The Morgan fingerprint density at radius 1 is 1.10 bits per heavy atom. The molecule has 0 atom stereocenters. The van der Waals surface area contributed by atoms with Crippen LogP contribution in [0.1, 0.15) is 0 Å². The van der Waals surface area contributed by atoms with Gasteiger partial charge in [0.25, 0.3) is 5.89 Å². The van der Waals surface area contributed by atoms with E-state index in [2.05, 4.69) is 31.1 Å². The summed E-state index contributed by atoms with van der Waals surface area (Å²) in [5.74, 6) is -1.81. The van der Waals surface area contributed by atoms with Gasteiger partial charge in [-0.3, -0.25) is 4.98 Å². The molecule has 0 amide bonds. The van der Waals surface area contributed by atoms with E-state index in [1.807, 2.05) is 0 Å². The van der Waals surface area contributed by atoms with E-state index in [0.717, 1.165) is 16.6 Å². The number of nitrogen functional groups attached to an aromatic ring is 1. The molecular weight excluding hydrogens is 346 g/mol. The zero-order valence-corrected chi connectivity index (χ0v) is 11.9. The second-order valence-electron chi connectivity index (χ2n) is 4.17. The van der Waals surface area contributed by atoms with Crippen molar-refractivity contribution in [1.82, 2.24) is 15.1 Å². The van der Waals surface area contributed by atoms with Crippen LogP contribution in [-0.2, 0) is 0 Å². The van der Waals surface area contributed by atoms with Crippen LogP contribution in [-0.4, -0.2) is 15.1 Å². The number of hydrogen-bond donors (Lipinski definition) is 1. The fourth-order valence-corrected chi connectivity index (χ4v) is 2.10. The van der Waals surface area contributed by atoms with E-state index in [1.165, 1.54) is 0 Å². The molecule has 0 aliphatic rings. The molecule has 0 aliphatic heterocycles. The highest BCUT2D eigenvalue weighted by molar-refractivity contribution is 9.10. The third-order valence-corrected chi connectivity index (χ3v) is 3.15. The normalized spacial score (nSPS) is 10.8. The van der Waals surface area contributed by atoms with Gasteiger partial charge in [0.15, 0.2) is 11.6 Å². The standard InChI is InChI=1S/C13H7BrF2N4O/c14-7-1-6(4-18-5-7)12-19-13(21-20-12)8-2-9(15)10(16)3-11(8)17/h1-5H,17H2. The largest absolute Gasteiger partial charge is 0.398 e. The van der Waals surface area contributed by atoms with E-state index < -0.39 is 11.6 Å². The number of pyridine rings is 1. The van der Waals surface area contributed by atoms with E-state index in [0.29, 0.717) is 5.56 Å². The average molecular weight is 353 g/mol. The Balaban J connectivity index is 2.05. The Morgan fingerprint density at radius 2 is 1.86 bits per heavy atom. The summed E-state index contributed by atoms with van der Waals surface area (Å²) in [5, 5.41) is 3.78. The summed E-state index contributed by atoms with van der Waals surface area (Å²) in [5.41, 5.74) is 6.40. The molecule has 2 N–H and O–H groups in total. The molecule has 0 radical (unpaired) electrons. The van der Waals surface area contributed by atoms with Crippen molar-refractivity contribution in [3.8, 4) is 22.8 Å². The van der Waals surface area contributed by atoms with Crippen molar-refractivity contribution < 1.29 is 13.3 Å². The van der Waals surface area contributed by atoms with Crippen LogP contribution in [0.4, 0.5) is 14.5 Å². The molecule has 0 saturated heterocycles. The lowest BCUT2D eigenvalue weighted by molar-refractivity contribution is 0.431. The molecule has 1 aromatic carbocycles. The molecule has 3 rings (SSSR count). The van der Waals surface area contributed by atoms with Gasteiger partial charge in [0.2, 0.25) is 5.82 Å². The predicted octanol–water partition coefficient (Wildman–Crippen LogP) is 3.42. The van der Waals surface area contributed by atoms with Gasteiger partial charge in [-0.2, -0.15) is 4.98 Å². The molecule has 0 aliphatic carbocycles. The summed E-state index contributed by atoms with van der Waals surface area (Å²) in [4.78, 5) is 8.10. The number of anilines is 1. The Bertz CT molecular complexity index is 822. The summed E-state index contributed by atoms with van der Waals surface area (Å²) in [6.07, 6.45) is 3.16. The molecule has 21 heavy (non-hydrogen) atoms. The predicted molar refractivity (Wildman–Crippen MR) is 75.0 cm³/mol. The molecule has 0 spiro atoms. The second kappa shape index (κ2) is 5.21. The highest BCUT2D eigenvalue weighted by Gasteiger charge is 2.16. The van der Waals surface area contributed by atoms with Crippen LogP contribution in [0.2, 0.25) is 0 Å². The van der Waals surface area contributed by atoms with Crippen molar-refractivity contribution in [2.24, 2.45) is 0 Å².